The van der Waals surface area contributed by atoms with Crippen LogP contribution in [0.3, 0.4) is 0 Å². The second-order valence-electron chi connectivity index (χ2n) is 9.57. The summed E-state index contributed by atoms with van der Waals surface area (Å²) in [5.41, 5.74) is 11.6. The average molecular weight is 435 g/mol. The van der Waals surface area contributed by atoms with Crippen LogP contribution < -0.4 is 5.73 Å². The summed E-state index contributed by atoms with van der Waals surface area (Å²) in [7, 11) is 0. The van der Waals surface area contributed by atoms with Crippen molar-refractivity contribution < 1.29 is 23.5 Å². The van der Waals surface area contributed by atoms with Crippen LogP contribution in [0.4, 0.5) is 4.39 Å². The number of rotatable bonds is 0. The minimum atomic E-state index is -1.14. The number of amides is 1. The van der Waals surface area contributed by atoms with Gasteiger partial charge in [0.15, 0.2) is 0 Å². The molecule has 1 spiro atoms. The summed E-state index contributed by atoms with van der Waals surface area (Å²) in [4.78, 5) is 32.7. The van der Waals surface area contributed by atoms with Gasteiger partial charge in [-0.25, -0.2) is 9.18 Å². The highest BCUT2D eigenvalue weighted by Crippen LogP contribution is 2.55. The van der Waals surface area contributed by atoms with Gasteiger partial charge in [0.25, 0.3) is 5.91 Å². The van der Waals surface area contributed by atoms with Crippen LogP contribution in [0.2, 0.25) is 0 Å². The molecule has 1 saturated heterocycles. The number of benzene rings is 1. The highest BCUT2D eigenvalue weighted by molar-refractivity contribution is 6.02. The number of cyclic esters (lactones) is 1. The molecule has 1 aliphatic carbocycles. The highest BCUT2D eigenvalue weighted by Gasteiger charge is 2.68. The van der Waals surface area contributed by atoms with Crippen LogP contribution in [-0.4, -0.2) is 40.1 Å². The lowest BCUT2D eigenvalue weighted by Gasteiger charge is -2.36. The number of fused-ring (bicyclic) bond motifs is 5. The Hall–Kier alpha value is -2.84. The number of aryl methyl sites for hydroxylation is 1. The second-order valence-corrected chi connectivity index (χ2v) is 9.57. The summed E-state index contributed by atoms with van der Waals surface area (Å²) in [5.74, 6) is -0.837. The number of pyridine rings is 1. The van der Waals surface area contributed by atoms with Crippen molar-refractivity contribution in [2.24, 2.45) is 5.73 Å². The minimum absolute atomic E-state index is 0.0271. The van der Waals surface area contributed by atoms with Crippen LogP contribution in [0.5, 0.6) is 0 Å². The third-order valence-electron chi connectivity index (χ3n) is 8.13. The molecule has 8 heteroatoms. The van der Waals surface area contributed by atoms with E-state index in [-0.39, 0.29) is 36.5 Å². The molecular formula is C24H22FN3O4. The maximum Gasteiger partial charge on any atom is 0.345 e. The quantitative estimate of drug-likeness (QED) is 0.504. The van der Waals surface area contributed by atoms with Gasteiger partial charge in [0, 0.05) is 29.6 Å². The van der Waals surface area contributed by atoms with Gasteiger partial charge in [-0.15, -0.1) is 0 Å². The van der Waals surface area contributed by atoms with Gasteiger partial charge < -0.3 is 20.1 Å². The zero-order valence-corrected chi connectivity index (χ0v) is 17.8. The largest absolute Gasteiger partial charge is 0.458 e. The van der Waals surface area contributed by atoms with E-state index in [1.807, 2.05) is 6.92 Å². The standard InChI is InChI=1S/C24H22FN3O4/c1-9-11-3-4-16(26)19-12-7-28-18(21(12)27-17(20(11)19)6-15(9)25)5-14-13(22(28)29)8-31-23(30)24(14)10(2)32-24/h6,10,16,18H,3-5,7-8,26H2,1-2H3/t10?,16-,18?,24-/m0/s1. The van der Waals surface area contributed by atoms with Gasteiger partial charge in [-0.3, -0.25) is 9.78 Å². The van der Waals surface area contributed by atoms with Crippen LogP contribution >= 0.6 is 0 Å². The fraction of sp³-hybridized carbons (Fsp3) is 0.458. The zero-order valence-electron chi connectivity index (χ0n) is 17.8. The predicted octanol–water partition coefficient (Wildman–Crippen LogP) is 2.43. The third kappa shape index (κ3) is 2.01. The molecule has 5 aliphatic rings. The molecule has 7 rings (SSSR count). The van der Waals surface area contributed by atoms with E-state index in [9.17, 15) is 14.0 Å². The number of carbonyl (C=O) groups is 2. The maximum absolute atomic E-state index is 14.7. The molecule has 4 aliphatic heterocycles. The van der Waals surface area contributed by atoms with E-state index in [1.54, 1.807) is 11.8 Å². The third-order valence-corrected chi connectivity index (χ3v) is 8.13. The van der Waals surface area contributed by atoms with Crippen molar-refractivity contribution in [1.29, 1.82) is 0 Å². The lowest BCUT2D eigenvalue weighted by molar-refractivity contribution is -0.151. The maximum atomic E-state index is 14.7. The summed E-state index contributed by atoms with van der Waals surface area (Å²) in [5, 5.41) is 0.945. The second kappa shape index (κ2) is 5.74. The van der Waals surface area contributed by atoms with Gasteiger partial charge in [-0.05, 0) is 55.4 Å². The van der Waals surface area contributed by atoms with Crippen molar-refractivity contribution in [2.75, 3.05) is 6.61 Å². The zero-order chi connectivity index (χ0) is 22.1. The lowest BCUT2D eigenvalue weighted by atomic mass is 9.80. The van der Waals surface area contributed by atoms with Crippen molar-refractivity contribution in [3.8, 4) is 0 Å². The molecule has 0 radical (unpaired) electrons. The molecule has 2 N–H and O–H groups in total. The molecule has 5 heterocycles. The normalized spacial score (nSPS) is 32.2. The number of ether oxygens (including phenoxy) is 2. The van der Waals surface area contributed by atoms with Crippen molar-refractivity contribution in [2.45, 2.75) is 63.4 Å². The molecule has 4 atom stereocenters. The number of hydrogen-bond acceptors (Lipinski definition) is 6. The number of hydrogen-bond donors (Lipinski definition) is 1. The summed E-state index contributed by atoms with van der Waals surface area (Å²) in [6.07, 6.45) is 1.59. The van der Waals surface area contributed by atoms with E-state index < -0.39 is 11.6 Å². The van der Waals surface area contributed by atoms with Gasteiger partial charge in [0.2, 0.25) is 5.60 Å². The Bertz CT molecular complexity index is 1330. The molecule has 2 aromatic rings. The van der Waals surface area contributed by atoms with E-state index in [0.717, 1.165) is 39.8 Å². The molecule has 7 nitrogen and oxygen atoms in total. The Balaban J connectivity index is 1.44. The molecule has 0 saturated carbocycles. The topological polar surface area (TPSA) is 98.0 Å². The summed E-state index contributed by atoms with van der Waals surface area (Å²) >= 11 is 0. The number of epoxide rings is 1. The van der Waals surface area contributed by atoms with Crippen LogP contribution in [-0.2, 0) is 32.0 Å². The van der Waals surface area contributed by atoms with E-state index >= 15 is 0 Å². The fourth-order valence-corrected chi connectivity index (χ4v) is 6.40. The molecule has 0 bridgehead atoms. The first-order chi connectivity index (χ1) is 15.3. The molecular weight excluding hydrogens is 413 g/mol. The predicted molar refractivity (Wildman–Crippen MR) is 111 cm³/mol. The smallest absolute Gasteiger partial charge is 0.345 e. The molecule has 32 heavy (non-hydrogen) atoms. The molecule has 1 aromatic carbocycles. The van der Waals surface area contributed by atoms with E-state index in [0.29, 0.717) is 36.0 Å². The Morgan fingerprint density at radius 3 is 2.84 bits per heavy atom. The molecule has 1 fully saturated rings. The molecule has 1 aromatic heterocycles. The first-order valence-electron chi connectivity index (χ1n) is 11.1. The molecule has 2 unspecified atom stereocenters. The number of halogens is 1. The first-order valence-corrected chi connectivity index (χ1v) is 11.1. The van der Waals surface area contributed by atoms with Crippen LogP contribution in [0.1, 0.15) is 59.8 Å². The monoisotopic (exact) mass is 435 g/mol. The first kappa shape index (κ1) is 18.7. The van der Waals surface area contributed by atoms with Crippen LogP contribution in [0, 0.1) is 12.7 Å². The van der Waals surface area contributed by atoms with E-state index in [2.05, 4.69) is 0 Å². The van der Waals surface area contributed by atoms with Gasteiger partial charge >= 0.3 is 5.97 Å². The van der Waals surface area contributed by atoms with Crippen molar-refractivity contribution >= 4 is 22.8 Å². The average Bonchev–Trinajstić information content (AvgIpc) is 3.29. The Labute approximate surface area is 183 Å². The van der Waals surface area contributed by atoms with Gasteiger partial charge in [0.05, 0.1) is 22.8 Å². The number of esters is 1. The van der Waals surface area contributed by atoms with Gasteiger partial charge in [-0.1, -0.05) is 0 Å². The van der Waals surface area contributed by atoms with E-state index in [1.165, 1.54) is 6.07 Å². The number of aromatic nitrogens is 1. The number of nitrogens with two attached hydrogens (primary N) is 1. The number of nitrogens with zero attached hydrogens (tertiary/aromatic N) is 2. The minimum Gasteiger partial charge on any atom is -0.458 e. The molecule has 164 valence electrons. The van der Waals surface area contributed by atoms with Crippen molar-refractivity contribution in [3.63, 3.8) is 0 Å². The fourth-order valence-electron chi connectivity index (χ4n) is 6.40. The molecule has 1 amide bonds. The summed E-state index contributed by atoms with van der Waals surface area (Å²) in [6, 6.07) is 0.978. The van der Waals surface area contributed by atoms with Crippen molar-refractivity contribution in [3.05, 3.63) is 51.0 Å². The SMILES string of the molecule is Cc1c(F)cc2nc3c(c4c2c1CC[C@@H]4N)CN1C(=O)C2=C(CC31)[C@]1(OC1C)C(=O)OC2. The highest BCUT2D eigenvalue weighted by atomic mass is 19.1. The Morgan fingerprint density at radius 1 is 1.31 bits per heavy atom. The van der Waals surface area contributed by atoms with Crippen molar-refractivity contribution in [1.82, 2.24) is 9.88 Å². The number of carbonyl (C=O) groups excluding carboxylic acids is 2. The lowest BCUT2D eigenvalue weighted by Crippen LogP contribution is -2.46. The summed E-state index contributed by atoms with van der Waals surface area (Å²) in [6.45, 7) is 4.00. The summed E-state index contributed by atoms with van der Waals surface area (Å²) < 4.78 is 25.7. The van der Waals surface area contributed by atoms with Crippen LogP contribution in [0.15, 0.2) is 17.2 Å². The Morgan fingerprint density at radius 2 is 2.09 bits per heavy atom. The Kier molecular flexibility index (Phi) is 3.35. The van der Waals surface area contributed by atoms with Gasteiger partial charge in [-0.2, -0.15) is 0 Å². The van der Waals surface area contributed by atoms with E-state index in [4.69, 9.17) is 20.2 Å². The van der Waals surface area contributed by atoms with Crippen LogP contribution in [0.25, 0.3) is 10.9 Å². The van der Waals surface area contributed by atoms with Gasteiger partial charge in [0.1, 0.15) is 18.5 Å².